The zero-order valence-corrected chi connectivity index (χ0v) is 9.05. The molecule has 0 spiro atoms. The standard InChI is InChI=1S/C11H14N2S/c1-8(7-12)6-11-13-9-4-2-3-5-10(9)14-11/h2-5,8H,6-7,12H2,1H3. The molecule has 0 aliphatic rings. The lowest BCUT2D eigenvalue weighted by Crippen LogP contribution is -2.12. The van der Waals surface area contributed by atoms with Gasteiger partial charge in [-0.3, -0.25) is 0 Å². The van der Waals surface area contributed by atoms with Gasteiger partial charge in [-0.15, -0.1) is 11.3 Å². The molecule has 2 N–H and O–H groups in total. The smallest absolute Gasteiger partial charge is 0.0941 e. The largest absolute Gasteiger partial charge is 0.330 e. The zero-order chi connectivity index (χ0) is 9.97. The number of nitrogens with zero attached hydrogens (tertiary/aromatic N) is 1. The third-order valence-corrected chi connectivity index (χ3v) is 3.32. The van der Waals surface area contributed by atoms with Crippen molar-refractivity contribution in [2.24, 2.45) is 11.7 Å². The number of rotatable bonds is 3. The second kappa shape index (κ2) is 4.07. The van der Waals surface area contributed by atoms with Gasteiger partial charge >= 0.3 is 0 Å². The molecule has 0 aliphatic heterocycles. The van der Waals surface area contributed by atoms with E-state index in [9.17, 15) is 0 Å². The van der Waals surface area contributed by atoms with E-state index in [4.69, 9.17) is 5.73 Å². The number of para-hydroxylation sites is 1. The van der Waals surface area contributed by atoms with Crippen LogP contribution in [0.25, 0.3) is 10.2 Å². The van der Waals surface area contributed by atoms with Crippen LogP contribution in [0.4, 0.5) is 0 Å². The normalized spacial score (nSPS) is 13.3. The van der Waals surface area contributed by atoms with Crippen LogP contribution in [0.3, 0.4) is 0 Å². The van der Waals surface area contributed by atoms with Crippen molar-refractivity contribution >= 4 is 21.6 Å². The number of thiazole rings is 1. The van der Waals surface area contributed by atoms with E-state index >= 15 is 0 Å². The van der Waals surface area contributed by atoms with E-state index in [0.717, 1.165) is 18.5 Å². The minimum Gasteiger partial charge on any atom is -0.330 e. The first kappa shape index (κ1) is 9.62. The van der Waals surface area contributed by atoms with Crippen LogP contribution in [0.2, 0.25) is 0 Å². The Morgan fingerprint density at radius 3 is 2.93 bits per heavy atom. The summed E-state index contributed by atoms with van der Waals surface area (Å²) < 4.78 is 1.27. The third-order valence-electron chi connectivity index (χ3n) is 2.26. The van der Waals surface area contributed by atoms with Crippen molar-refractivity contribution in [2.45, 2.75) is 13.3 Å². The molecule has 2 rings (SSSR count). The molecule has 0 radical (unpaired) electrons. The van der Waals surface area contributed by atoms with Gasteiger partial charge in [0.15, 0.2) is 0 Å². The number of hydrogen-bond acceptors (Lipinski definition) is 3. The van der Waals surface area contributed by atoms with E-state index in [2.05, 4.69) is 30.1 Å². The van der Waals surface area contributed by atoms with E-state index in [1.807, 2.05) is 6.07 Å². The van der Waals surface area contributed by atoms with Crippen molar-refractivity contribution < 1.29 is 0 Å². The zero-order valence-electron chi connectivity index (χ0n) is 8.23. The van der Waals surface area contributed by atoms with Crippen LogP contribution in [0.5, 0.6) is 0 Å². The molecule has 1 atom stereocenters. The van der Waals surface area contributed by atoms with Crippen LogP contribution in [0.1, 0.15) is 11.9 Å². The molecule has 1 aromatic heterocycles. The maximum absolute atomic E-state index is 5.59. The first-order valence-corrected chi connectivity index (χ1v) is 5.65. The Morgan fingerprint density at radius 2 is 2.21 bits per heavy atom. The average Bonchev–Trinajstić information content (AvgIpc) is 2.59. The topological polar surface area (TPSA) is 38.9 Å². The molecule has 1 unspecified atom stereocenters. The van der Waals surface area contributed by atoms with Gasteiger partial charge in [0.05, 0.1) is 15.2 Å². The van der Waals surface area contributed by atoms with Crippen LogP contribution in [-0.4, -0.2) is 11.5 Å². The van der Waals surface area contributed by atoms with E-state index in [1.54, 1.807) is 11.3 Å². The fraction of sp³-hybridized carbons (Fsp3) is 0.364. The Hall–Kier alpha value is -0.930. The monoisotopic (exact) mass is 206 g/mol. The van der Waals surface area contributed by atoms with Crippen LogP contribution in [0, 0.1) is 5.92 Å². The van der Waals surface area contributed by atoms with Crippen molar-refractivity contribution in [1.82, 2.24) is 4.98 Å². The molecule has 1 aromatic carbocycles. The summed E-state index contributed by atoms with van der Waals surface area (Å²) in [5, 5.41) is 1.20. The highest BCUT2D eigenvalue weighted by Gasteiger charge is 2.06. The average molecular weight is 206 g/mol. The van der Waals surface area contributed by atoms with Gasteiger partial charge in [0.2, 0.25) is 0 Å². The van der Waals surface area contributed by atoms with E-state index in [0.29, 0.717) is 5.92 Å². The Morgan fingerprint density at radius 1 is 1.43 bits per heavy atom. The summed E-state index contributed by atoms with van der Waals surface area (Å²) in [4.78, 5) is 4.56. The highest BCUT2D eigenvalue weighted by atomic mass is 32.1. The summed E-state index contributed by atoms with van der Waals surface area (Å²) in [5.74, 6) is 0.524. The van der Waals surface area contributed by atoms with Crippen LogP contribution in [-0.2, 0) is 6.42 Å². The number of fused-ring (bicyclic) bond motifs is 1. The number of benzene rings is 1. The Balaban J connectivity index is 2.27. The minimum absolute atomic E-state index is 0.524. The molecule has 14 heavy (non-hydrogen) atoms. The van der Waals surface area contributed by atoms with Crippen LogP contribution in [0.15, 0.2) is 24.3 Å². The highest BCUT2D eigenvalue weighted by molar-refractivity contribution is 7.18. The molecular weight excluding hydrogens is 192 g/mol. The molecule has 0 saturated heterocycles. The van der Waals surface area contributed by atoms with Crippen LogP contribution >= 0.6 is 11.3 Å². The van der Waals surface area contributed by atoms with E-state index in [-0.39, 0.29) is 0 Å². The molecule has 0 aliphatic carbocycles. The maximum atomic E-state index is 5.59. The van der Waals surface area contributed by atoms with Crippen molar-refractivity contribution in [2.75, 3.05) is 6.54 Å². The van der Waals surface area contributed by atoms with E-state index < -0.39 is 0 Å². The summed E-state index contributed by atoms with van der Waals surface area (Å²) in [6.45, 7) is 2.89. The van der Waals surface area contributed by atoms with Gasteiger partial charge in [-0.1, -0.05) is 19.1 Å². The molecule has 0 fully saturated rings. The summed E-state index contributed by atoms with van der Waals surface area (Å²) in [7, 11) is 0. The first-order valence-electron chi connectivity index (χ1n) is 4.84. The summed E-state index contributed by atoms with van der Waals surface area (Å²) in [6.07, 6.45) is 0.996. The van der Waals surface area contributed by atoms with Gasteiger partial charge in [0.25, 0.3) is 0 Å². The van der Waals surface area contributed by atoms with Crippen molar-refractivity contribution in [1.29, 1.82) is 0 Å². The van der Waals surface area contributed by atoms with Gasteiger partial charge in [-0.05, 0) is 24.6 Å². The summed E-state index contributed by atoms with van der Waals surface area (Å²) >= 11 is 1.77. The lowest BCUT2D eigenvalue weighted by Gasteiger charge is -2.03. The molecule has 1 heterocycles. The predicted molar refractivity (Wildman–Crippen MR) is 61.5 cm³/mol. The molecule has 0 saturated carbocycles. The van der Waals surface area contributed by atoms with Gasteiger partial charge in [-0.25, -0.2) is 4.98 Å². The van der Waals surface area contributed by atoms with Gasteiger partial charge < -0.3 is 5.73 Å². The number of nitrogens with two attached hydrogens (primary N) is 1. The SMILES string of the molecule is CC(CN)Cc1nc2ccccc2s1. The highest BCUT2D eigenvalue weighted by Crippen LogP contribution is 2.23. The lowest BCUT2D eigenvalue weighted by atomic mass is 10.1. The second-order valence-electron chi connectivity index (χ2n) is 3.62. The Labute approximate surface area is 87.8 Å². The second-order valence-corrected chi connectivity index (χ2v) is 4.74. The van der Waals surface area contributed by atoms with Crippen molar-refractivity contribution in [3.8, 4) is 0 Å². The van der Waals surface area contributed by atoms with Crippen molar-refractivity contribution in [3.63, 3.8) is 0 Å². The Bertz CT molecular complexity index is 389. The first-order chi connectivity index (χ1) is 6.79. The number of hydrogen-bond donors (Lipinski definition) is 1. The summed E-state index contributed by atoms with van der Waals surface area (Å²) in [5.41, 5.74) is 6.70. The molecule has 2 nitrogen and oxygen atoms in total. The molecule has 0 amide bonds. The van der Waals surface area contributed by atoms with Gasteiger partial charge in [0.1, 0.15) is 0 Å². The summed E-state index contributed by atoms with van der Waals surface area (Å²) in [6, 6.07) is 8.25. The van der Waals surface area contributed by atoms with Crippen molar-refractivity contribution in [3.05, 3.63) is 29.3 Å². The fourth-order valence-corrected chi connectivity index (χ4v) is 2.52. The van der Waals surface area contributed by atoms with Gasteiger partial charge in [-0.2, -0.15) is 0 Å². The number of aromatic nitrogens is 1. The maximum Gasteiger partial charge on any atom is 0.0941 e. The third kappa shape index (κ3) is 1.94. The predicted octanol–water partition coefficient (Wildman–Crippen LogP) is 2.43. The Kier molecular flexibility index (Phi) is 2.79. The fourth-order valence-electron chi connectivity index (χ4n) is 1.39. The van der Waals surface area contributed by atoms with Crippen LogP contribution < -0.4 is 5.73 Å². The van der Waals surface area contributed by atoms with Gasteiger partial charge in [0, 0.05) is 6.42 Å². The molecule has 0 bridgehead atoms. The quantitative estimate of drug-likeness (QED) is 0.837. The molecular formula is C11H14N2S. The van der Waals surface area contributed by atoms with E-state index in [1.165, 1.54) is 9.71 Å². The molecule has 74 valence electrons. The minimum atomic E-state index is 0.524. The lowest BCUT2D eigenvalue weighted by molar-refractivity contribution is 0.592. The molecule has 3 heteroatoms. The molecule has 2 aromatic rings.